The molecule has 0 radical (unpaired) electrons. The Morgan fingerprint density at radius 3 is 2.84 bits per heavy atom. The van der Waals surface area contributed by atoms with Crippen LogP contribution in [-0.2, 0) is 4.79 Å². The average Bonchev–Trinajstić information content (AvgIpc) is 2.84. The third-order valence-electron chi connectivity index (χ3n) is 3.49. The maximum atomic E-state index is 12.5. The van der Waals surface area contributed by atoms with Gasteiger partial charge in [0, 0.05) is 6.54 Å². The number of amides is 1. The number of benzene rings is 1. The lowest BCUT2D eigenvalue weighted by Crippen LogP contribution is -2.55. The van der Waals surface area contributed by atoms with E-state index in [-0.39, 0.29) is 5.91 Å². The van der Waals surface area contributed by atoms with Crippen molar-refractivity contribution in [2.45, 2.75) is 19.0 Å². The maximum Gasteiger partial charge on any atom is 0.252 e. The van der Waals surface area contributed by atoms with E-state index in [4.69, 9.17) is 5.21 Å². The number of oxime groups is 1. The molecule has 98 valence electrons. The van der Waals surface area contributed by atoms with E-state index in [2.05, 4.69) is 10.1 Å². The van der Waals surface area contributed by atoms with Gasteiger partial charge in [0.1, 0.15) is 12.1 Å². The second-order valence-corrected chi connectivity index (χ2v) is 4.44. The lowest BCUT2D eigenvalue weighted by atomic mass is 10.0. The summed E-state index contributed by atoms with van der Waals surface area (Å²) in [6, 6.07) is 6.83. The highest BCUT2D eigenvalue weighted by Gasteiger charge is 2.44. The number of rotatable bonds is 2. The van der Waals surface area contributed by atoms with Crippen molar-refractivity contribution in [2.24, 2.45) is 10.1 Å². The van der Waals surface area contributed by atoms with Crippen LogP contribution in [0.2, 0.25) is 0 Å². The summed E-state index contributed by atoms with van der Waals surface area (Å²) in [5, 5.41) is 11.7. The van der Waals surface area contributed by atoms with Crippen LogP contribution in [0.4, 0.5) is 11.4 Å². The Hall–Kier alpha value is -2.37. The minimum Gasteiger partial charge on any atom is -0.411 e. The molecule has 1 aromatic rings. The maximum absolute atomic E-state index is 12.5. The molecule has 3 rings (SSSR count). The highest BCUT2D eigenvalue weighted by atomic mass is 16.4. The van der Waals surface area contributed by atoms with Crippen molar-refractivity contribution in [1.29, 1.82) is 0 Å². The van der Waals surface area contributed by atoms with Crippen LogP contribution in [0.3, 0.4) is 0 Å². The molecule has 19 heavy (non-hydrogen) atoms. The van der Waals surface area contributed by atoms with Gasteiger partial charge in [-0.2, -0.15) is 0 Å². The van der Waals surface area contributed by atoms with Gasteiger partial charge < -0.3 is 15.0 Å². The Labute approximate surface area is 110 Å². The fourth-order valence-electron chi connectivity index (χ4n) is 2.65. The molecular weight excluding hydrogens is 244 g/mol. The molecule has 0 aliphatic carbocycles. The Kier molecular flexibility index (Phi) is 2.70. The first-order chi connectivity index (χ1) is 9.27. The molecule has 2 aliphatic rings. The molecule has 0 saturated heterocycles. The number of fused-ring (bicyclic) bond motifs is 3. The molecule has 1 aromatic carbocycles. The number of carbonyl (C=O) groups is 1. The van der Waals surface area contributed by atoms with Crippen molar-refractivity contribution in [2.75, 3.05) is 16.3 Å². The van der Waals surface area contributed by atoms with Gasteiger partial charge >= 0.3 is 0 Å². The Balaban J connectivity index is 2.10. The van der Waals surface area contributed by atoms with Crippen molar-refractivity contribution in [3.8, 4) is 0 Å². The summed E-state index contributed by atoms with van der Waals surface area (Å²) < 4.78 is 0. The molecule has 0 bridgehead atoms. The first-order valence-corrected chi connectivity index (χ1v) is 6.17. The summed E-state index contributed by atoms with van der Waals surface area (Å²) in [5.41, 5.74) is 1.84. The molecular formula is C13H14N4O2. The van der Waals surface area contributed by atoms with Crippen molar-refractivity contribution < 1.29 is 10.0 Å². The zero-order valence-electron chi connectivity index (χ0n) is 10.5. The normalized spacial score (nSPS) is 25.0. The summed E-state index contributed by atoms with van der Waals surface area (Å²) in [6.45, 7) is 2.54. The van der Waals surface area contributed by atoms with Gasteiger partial charge in [-0.25, -0.2) is 0 Å². The Morgan fingerprint density at radius 1 is 1.42 bits per heavy atom. The van der Waals surface area contributed by atoms with E-state index in [1.54, 1.807) is 11.2 Å². The molecule has 0 aromatic heterocycles. The smallest absolute Gasteiger partial charge is 0.252 e. The number of para-hydroxylation sites is 2. The highest BCUT2D eigenvalue weighted by molar-refractivity contribution is 6.13. The van der Waals surface area contributed by atoms with Crippen LogP contribution in [0.25, 0.3) is 0 Å². The van der Waals surface area contributed by atoms with Crippen molar-refractivity contribution in [3.05, 3.63) is 24.3 Å². The number of nitrogens with zero attached hydrogens (tertiary/aromatic N) is 4. The topological polar surface area (TPSA) is 68.5 Å². The molecule has 2 aliphatic heterocycles. The minimum atomic E-state index is -0.453. The van der Waals surface area contributed by atoms with Crippen LogP contribution in [0.5, 0.6) is 0 Å². The van der Waals surface area contributed by atoms with Crippen molar-refractivity contribution in [3.63, 3.8) is 0 Å². The monoisotopic (exact) mass is 258 g/mol. The predicted molar refractivity (Wildman–Crippen MR) is 73.3 cm³/mol. The van der Waals surface area contributed by atoms with Crippen LogP contribution in [-0.4, -0.2) is 42.3 Å². The second-order valence-electron chi connectivity index (χ2n) is 4.44. The summed E-state index contributed by atoms with van der Waals surface area (Å²) in [7, 11) is 0. The zero-order valence-corrected chi connectivity index (χ0v) is 10.5. The van der Waals surface area contributed by atoms with E-state index in [0.29, 0.717) is 6.54 Å². The van der Waals surface area contributed by atoms with E-state index in [0.717, 1.165) is 11.4 Å². The molecule has 0 spiro atoms. The average molecular weight is 258 g/mol. The minimum absolute atomic E-state index is 0.0244. The van der Waals surface area contributed by atoms with Gasteiger partial charge in [-0.3, -0.25) is 9.79 Å². The van der Waals surface area contributed by atoms with Gasteiger partial charge in [0.2, 0.25) is 0 Å². The fraction of sp³-hybridized carbons (Fsp3) is 0.308. The summed E-state index contributed by atoms with van der Waals surface area (Å²) >= 11 is 0. The first-order valence-electron chi connectivity index (χ1n) is 6.17. The van der Waals surface area contributed by atoms with Crippen LogP contribution in [0.15, 0.2) is 34.4 Å². The van der Waals surface area contributed by atoms with Gasteiger partial charge in [-0.15, -0.1) is 0 Å². The van der Waals surface area contributed by atoms with Crippen LogP contribution in [0, 0.1) is 0 Å². The number of hydrogen-bond donors (Lipinski definition) is 1. The summed E-state index contributed by atoms with van der Waals surface area (Å²) in [6.07, 6.45) is 2.93. The van der Waals surface area contributed by atoms with Gasteiger partial charge in [0.25, 0.3) is 5.91 Å². The molecule has 0 fully saturated rings. The lowest BCUT2D eigenvalue weighted by molar-refractivity contribution is -0.119. The molecule has 1 amide bonds. The number of anilines is 2. The van der Waals surface area contributed by atoms with Crippen LogP contribution >= 0.6 is 0 Å². The molecule has 2 unspecified atom stereocenters. The van der Waals surface area contributed by atoms with E-state index >= 15 is 0 Å². The standard InChI is InChI=1S/C13H14N4O2/c1-2-16-10-5-3-4-6-11(10)17-8-14-9(7-15-19)12(17)13(16)18/h3-9,12,19H,2H2,1H3. The highest BCUT2D eigenvalue weighted by Crippen LogP contribution is 2.37. The predicted octanol–water partition coefficient (Wildman–Crippen LogP) is 1.10. The van der Waals surface area contributed by atoms with Gasteiger partial charge in [0.15, 0.2) is 0 Å². The van der Waals surface area contributed by atoms with Gasteiger partial charge in [-0.05, 0) is 19.1 Å². The SMILES string of the molecule is CCN1C(=O)C2C(C=NO)N=CN2c2ccccc21. The number of carbonyl (C=O) groups excluding carboxylic acids is 1. The van der Waals surface area contributed by atoms with E-state index < -0.39 is 12.1 Å². The zero-order chi connectivity index (χ0) is 13.4. The second kappa shape index (κ2) is 4.38. The third-order valence-corrected chi connectivity index (χ3v) is 3.49. The molecule has 6 nitrogen and oxygen atoms in total. The first kappa shape index (κ1) is 11.7. The lowest BCUT2D eigenvalue weighted by Gasteiger charge is -2.38. The van der Waals surface area contributed by atoms with E-state index in [1.165, 1.54) is 6.21 Å². The molecule has 6 heteroatoms. The van der Waals surface area contributed by atoms with Crippen molar-refractivity contribution >= 4 is 29.8 Å². The molecule has 2 heterocycles. The number of aliphatic imine (C=N–C) groups is 1. The largest absolute Gasteiger partial charge is 0.411 e. The van der Waals surface area contributed by atoms with Gasteiger partial charge in [0.05, 0.1) is 23.9 Å². The van der Waals surface area contributed by atoms with Crippen molar-refractivity contribution in [1.82, 2.24) is 0 Å². The molecule has 1 N–H and O–H groups in total. The molecule has 0 saturated carbocycles. The summed E-state index contributed by atoms with van der Waals surface area (Å²) in [5.74, 6) is -0.0244. The van der Waals surface area contributed by atoms with Gasteiger partial charge in [-0.1, -0.05) is 17.3 Å². The summed E-state index contributed by atoms with van der Waals surface area (Å²) in [4.78, 5) is 20.4. The van der Waals surface area contributed by atoms with E-state index in [9.17, 15) is 4.79 Å². The number of hydrogen-bond acceptors (Lipinski definition) is 5. The quantitative estimate of drug-likeness (QED) is 0.490. The van der Waals surface area contributed by atoms with Crippen LogP contribution < -0.4 is 9.80 Å². The third kappa shape index (κ3) is 1.60. The fourth-order valence-corrected chi connectivity index (χ4v) is 2.65. The van der Waals surface area contributed by atoms with Crippen LogP contribution in [0.1, 0.15) is 6.92 Å². The molecule has 2 atom stereocenters. The Bertz CT molecular complexity index is 570. The Morgan fingerprint density at radius 2 is 2.16 bits per heavy atom. The number of likely N-dealkylation sites (N-methyl/N-ethyl adjacent to an activating group) is 1. The van der Waals surface area contributed by atoms with E-state index in [1.807, 2.05) is 36.1 Å².